The molecule has 0 amide bonds. The third kappa shape index (κ3) is 5.61. The molecule has 20 heavy (non-hydrogen) atoms. The summed E-state index contributed by atoms with van der Waals surface area (Å²) in [5, 5.41) is 12.5. The van der Waals surface area contributed by atoms with E-state index in [1.165, 1.54) is 0 Å². The van der Waals surface area contributed by atoms with Gasteiger partial charge in [0.2, 0.25) is 0 Å². The summed E-state index contributed by atoms with van der Waals surface area (Å²) in [4.78, 5) is 11.1. The molecule has 1 unspecified atom stereocenters. The Bertz CT molecular complexity index is 395. The summed E-state index contributed by atoms with van der Waals surface area (Å²) in [5.41, 5.74) is 5.93. The van der Waals surface area contributed by atoms with Crippen LogP contribution in [0.5, 0.6) is 0 Å². The Labute approximate surface area is 121 Å². The minimum absolute atomic E-state index is 0.206. The SMILES string of the molecule is CC(CN)(CCCCCCNc1ccccc1)C(=O)O. The van der Waals surface area contributed by atoms with Crippen LogP contribution in [0.2, 0.25) is 0 Å². The standard InChI is InChI=1S/C16H26N2O2/c1-16(13-17,15(19)20)11-7-2-3-8-12-18-14-9-5-4-6-10-14/h4-6,9-10,18H,2-3,7-8,11-13,17H2,1H3,(H,19,20). The van der Waals surface area contributed by atoms with Gasteiger partial charge >= 0.3 is 5.97 Å². The molecule has 0 aromatic heterocycles. The number of para-hydroxylation sites is 1. The van der Waals surface area contributed by atoms with E-state index in [-0.39, 0.29) is 6.54 Å². The maximum absolute atomic E-state index is 11.1. The van der Waals surface area contributed by atoms with Gasteiger partial charge in [0, 0.05) is 18.8 Å². The third-order valence-electron chi connectivity index (χ3n) is 3.73. The van der Waals surface area contributed by atoms with Crippen LogP contribution in [0, 0.1) is 5.41 Å². The lowest BCUT2D eigenvalue weighted by Gasteiger charge is -2.22. The second-order valence-corrected chi connectivity index (χ2v) is 5.53. The second-order valence-electron chi connectivity index (χ2n) is 5.53. The molecular weight excluding hydrogens is 252 g/mol. The normalized spacial score (nSPS) is 13.7. The van der Waals surface area contributed by atoms with E-state index in [1.807, 2.05) is 18.2 Å². The zero-order valence-electron chi connectivity index (χ0n) is 12.3. The van der Waals surface area contributed by atoms with Crippen LogP contribution in [0.15, 0.2) is 30.3 Å². The van der Waals surface area contributed by atoms with Crippen LogP contribution in [0.3, 0.4) is 0 Å². The number of nitrogens with one attached hydrogen (secondary N) is 1. The van der Waals surface area contributed by atoms with E-state index < -0.39 is 11.4 Å². The van der Waals surface area contributed by atoms with Crippen molar-refractivity contribution < 1.29 is 9.90 Å². The van der Waals surface area contributed by atoms with Crippen LogP contribution in [0.25, 0.3) is 0 Å². The quantitative estimate of drug-likeness (QED) is 0.575. The molecule has 0 aliphatic carbocycles. The maximum Gasteiger partial charge on any atom is 0.310 e. The molecule has 112 valence electrons. The summed E-state index contributed by atoms with van der Waals surface area (Å²) in [6.07, 6.45) is 4.84. The van der Waals surface area contributed by atoms with Gasteiger partial charge in [-0.25, -0.2) is 0 Å². The number of carbonyl (C=O) groups is 1. The summed E-state index contributed by atoms with van der Waals surface area (Å²) in [6.45, 7) is 2.89. The van der Waals surface area contributed by atoms with Crippen LogP contribution in [-0.2, 0) is 4.79 Å². The summed E-state index contributed by atoms with van der Waals surface area (Å²) >= 11 is 0. The Hall–Kier alpha value is -1.55. The predicted molar refractivity (Wildman–Crippen MR) is 82.8 cm³/mol. The molecule has 0 heterocycles. The minimum atomic E-state index is -0.786. The first-order valence-electron chi connectivity index (χ1n) is 7.31. The number of hydrogen-bond acceptors (Lipinski definition) is 3. The predicted octanol–water partition coefficient (Wildman–Crippen LogP) is 3.10. The molecule has 0 radical (unpaired) electrons. The van der Waals surface area contributed by atoms with Gasteiger partial charge in [0.15, 0.2) is 0 Å². The fraction of sp³-hybridized carbons (Fsp3) is 0.562. The number of hydrogen-bond donors (Lipinski definition) is 3. The van der Waals surface area contributed by atoms with Gasteiger partial charge in [-0.2, -0.15) is 0 Å². The monoisotopic (exact) mass is 278 g/mol. The minimum Gasteiger partial charge on any atom is -0.481 e. The number of benzene rings is 1. The van der Waals surface area contributed by atoms with Crippen molar-refractivity contribution in [3.05, 3.63) is 30.3 Å². The van der Waals surface area contributed by atoms with E-state index >= 15 is 0 Å². The second kappa shape index (κ2) is 8.59. The highest BCUT2D eigenvalue weighted by Gasteiger charge is 2.30. The molecule has 0 saturated carbocycles. The molecule has 1 atom stereocenters. The summed E-state index contributed by atoms with van der Waals surface area (Å²) in [5.74, 6) is -0.786. The van der Waals surface area contributed by atoms with Crippen molar-refractivity contribution in [2.24, 2.45) is 11.1 Å². The van der Waals surface area contributed by atoms with Gasteiger partial charge in [-0.15, -0.1) is 0 Å². The van der Waals surface area contributed by atoms with E-state index in [1.54, 1.807) is 6.92 Å². The Balaban J connectivity index is 2.07. The van der Waals surface area contributed by atoms with Crippen molar-refractivity contribution >= 4 is 11.7 Å². The summed E-state index contributed by atoms with van der Waals surface area (Å²) < 4.78 is 0. The maximum atomic E-state index is 11.1. The third-order valence-corrected chi connectivity index (χ3v) is 3.73. The summed E-state index contributed by atoms with van der Waals surface area (Å²) in [6, 6.07) is 10.1. The lowest BCUT2D eigenvalue weighted by atomic mass is 9.85. The lowest BCUT2D eigenvalue weighted by Crippen LogP contribution is -2.35. The van der Waals surface area contributed by atoms with E-state index in [9.17, 15) is 4.79 Å². The van der Waals surface area contributed by atoms with Gasteiger partial charge in [-0.1, -0.05) is 37.5 Å². The van der Waals surface area contributed by atoms with Gasteiger partial charge in [-0.3, -0.25) is 4.79 Å². The molecule has 1 rings (SSSR count). The Kier molecular flexibility index (Phi) is 7.09. The van der Waals surface area contributed by atoms with Crippen LogP contribution >= 0.6 is 0 Å². The number of carboxylic acid groups (broad SMARTS) is 1. The molecule has 0 bridgehead atoms. The van der Waals surface area contributed by atoms with E-state index in [0.29, 0.717) is 6.42 Å². The number of anilines is 1. The smallest absolute Gasteiger partial charge is 0.310 e. The molecule has 0 spiro atoms. The van der Waals surface area contributed by atoms with Crippen molar-refractivity contribution in [2.45, 2.75) is 39.0 Å². The fourth-order valence-corrected chi connectivity index (χ4v) is 2.08. The van der Waals surface area contributed by atoms with Crippen LogP contribution < -0.4 is 11.1 Å². The highest BCUT2D eigenvalue weighted by molar-refractivity contribution is 5.74. The van der Waals surface area contributed by atoms with Crippen molar-refractivity contribution in [1.82, 2.24) is 0 Å². The van der Waals surface area contributed by atoms with Crippen molar-refractivity contribution in [3.63, 3.8) is 0 Å². The van der Waals surface area contributed by atoms with Gasteiger partial charge in [0.05, 0.1) is 5.41 Å². The Morgan fingerprint density at radius 2 is 1.85 bits per heavy atom. The average Bonchev–Trinajstić information content (AvgIpc) is 2.46. The van der Waals surface area contributed by atoms with Crippen LogP contribution in [0.1, 0.15) is 39.0 Å². The molecule has 4 nitrogen and oxygen atoms in total. The first kappa shape index (κ1) is 16.5. The first-order valence-corrected chi connectivity index (χ1v) is 7.31. The van der Waals surface area contributed by atoms with Gasteiger partial charge in [0.25, 0.3) is 0 Å². The van der Waals surface area contributed by atoms with Crippen LogP contribution in [0.4, 0.5) is 5.69 Å². The van der Waals surface area contributed by atoms with Crippen molar-refractivity contribution in [2.75, 3.05) is 18.4 Å². The Morgan fingerprint density at radius 3 is 2.45 bits per heavy atom. The van der Waals surface area contributed by atoms with E-state index in [0.717, 1.165) is 37.9 Å². The van der Waals surface area contributed by atoms with Gasteiger partial charge in [0.1, 0.15) is 0 Å². The molecule has 0 saturated heterocycles. The number of aliphatic carboxylic acids is 1. The molecule has 4 N–H and O–H groups in total. The number of unbranched alkanes of at least 4 members (excludes halogenated alkanes) is 3. The van der Waals surface area contributed by atoms with Crippen LogP contribution in [-0.4, -0.2) is 24.2 Å². The average molecular weight is 278 g/mol. The highest BCUT2D eigenvalue weighted by atomic mass is 16.4. The molecule has 0 aliphatic rings. The molecular formula is C16H26N2O2. The van der Waals surface area contributed by atoms with Gasteiger partial charge < -0.3 is 16.2 Å². The Morgan fingerprint density at radius 1 is 1.20 bits per heavy atom. The molecule has 1 aromatic rings. The fourth-order valence-electron chi connectivity index (χ4n) is 2.08. The lowest BCUT2D eigenvalue weighted by molar-refractivity contribution is -0.147. The number of nitrogens with two attached hydrogens (primary N) is 1. The topological polar surface area (TPSA) is 75.3 Å². The molecule has 0 fully saturated rings. The number of carboxylic acids is 1. The summed E-state index contributed by atoms with van der Waals surface area (Å²) in [7, 11) is 0. The zero-order chi connectivity index (χ0) is 14.8. The first-order chi connectivity index (χ1) is 9.58. The van der Waals surface area contributed by atoms with Gasteiger partial charge in [-0.05, 0) is 31.9 Å². The van der Waals surface area contributed by atoms with Crippen molar-refractivity contribution in [3.8, 4) is 0 Å². The van der Waals surface area contributed by atoms with Crippen molar-refractivity contribution in [1.29, 1.82) is 0 Å². The van der Waals surface area contributed by atoms with E-state index in [2.05, 4.69) is 17.4 Å². The zero-order valence-corrected chi connectivity index (χ0v) is 12.3. The van der Waals surface area contributed by atoms with E-state index in [4.69, 9.17) is 10.8 Å². The largest absolute Gasteiger partial charge is 0.481 e. The molecule has 4 heteroatoms. The molecule has 0 aliphatic heterocycles. The highest BCUT2D eigenvalue weighted by Crippen LogP contribution is 2.23. The molecule has 1 aromatic carbocycles. The number of rotatable bonds is 10.